The fourth-order valence-corrected chi connectivity index (χ4v) is 2.00. The van der Waals surface area contributed by atoms with Crippen LogP contribution in [0.3, 0.4) is 0 Å². The number of carboxylic acids is 1. The number of halogens is 1. The molecule has 0 atom stereocenters. The quantitative estimate of drug-likeness (QED) is 0.817. The topological polar surface area (TPSA) is 97.6 Å². The molecule has 1 aromatic carbocycles. The van der Waals surface area contributed by atoms with E-state index in [4.69, 9.17) is 21.4 Å². The van der Waals surface area contributed by atoms with Gasteiger partial charge in [-0.2, -0.15) is 0 Å². The smallest absolute Gasteiger partial charge is 0.412 e. The van der Waals surface area contributed by atoms with Gasteiger partial charge in [-0.25, -0.2) is 4.79 Å². The van der Waals surface area contributed by atoms with Crippen LogP contribution in [0.5, 0.6) is 0 Å². The van der Waals surface area contributed by atoms with Gasteiger partial charge in [0.15, 0.2) is 0 Å². The van der Waals surface area contributed by atoms with Gasteiger partial charge in [0.1, 0.15) is 24.0 Å². The van der Waals surface area contributed by atoms with E-state index < -0.39 is 24.2 Å². The number of aromatic nitrogens is 1. The van der Waals surface area contributed by atoms with Crippen molar-refractivity contribution in [3.63, 3.8) is 0 Å². The highest BCUT2D eigenvalue weighted by molar-refractivity contribution is 6.29. The molecule has 120 valence electrons. The second-order valence-corrected chi connectivity index (χ2v) is 4.93. The minimum Gasteiger partial charge on any atom is -0.480 e. The molecule has 23 heavy (non-hydrogen) atoms. The van der Waals surface area contributed by atoms with Gasteiger partial charge in [-0.3, -0.25) is 19.5 Å². The van der Waals surface area contributed by atoms with E-state index in [0.717, 1.165) is 10.1 Å². The van der Waals surface area contributed by atoms with Crippen molar-refractivity contribution in [2.75, 3.05) is 5.32 Å². The van der Waals surface area contributed by atoms with Crippen LogP contribution < -0.4 is 10.9 Å². The van der Waals surface area contributed by atoms with E-state index in [0.29, 0.717) is 0 Å². The number of carbonyl (C=O) groups is 2. The third-order valence-corrected chi connectivity index (χ3v) is 3.19. The van der Waals surface area contributed by atoms with Crippen molar-refractivity contribution in [3.8, 4) is 0 Å². The summed E-state index contributed by atoms with van der Waals surface area (Å²) in [7, 11) is 0. The number of carboxylic acid groups (broad SMARTS) is 1. The van der Waals surface area contributed by atoms with Crippen LogP contribution >= 0.6 is 11.6 Å². The predicted molar refractivity (Wildman–Crippen MR) is 83.6 cm³/mol. The zero-order valence-corrected chi connectivity index (χ0v) is 12.6. The van der Waals surface area contributed by atoms with Crippen LogP contribution in [-0.2, 0) is 22.7 Å². The van der Waals surface area contributed by atoms with E-state index in [1.807, 2.05) is 6.07 Å². The first-order valence-electron chi connectivity index (χ1n) is 6.56. The van der Waals surface area contributed by atoms with E-state index in [-0.39, 0.29) is 17.4 Å². The first kappa shape index (κ1) is 16.6. The summed E-state index contributed by atoms with van der Waals surface area (Å²) in [4.78, 5) is 34.5. The largest absolute Gasteiger partial charge is 0.480 e. The molecule has 2 rings (SSSR count). The number of nitrogens with one attached hydrogen (secondary N) is 1. The van der Waals surface area contributed by atoms with Crippen LogP contribution in [0.4, 0.5) is 10.5 Å². The third-order valence-electron chi connectivity index (χ3n) is 2.86. The number of nitrogens with zero attached hydrogens (tertiary/aromatic N) is 1. The fraction of sp³-hybridized carbons (Fsp3) is 0.133. The molecular formula is C15H13ClN2O5. The molecule has 0 bridgehead atoms. The lowest BCUT2D eigenvalue weighted by Gasteiger charge is -2.10. The molecule has 8 heteroatoms. The standard InChI is InChI=1S/C15H13ClN2O5/c16-12-7-6-11(14(21)18(12)8-13(19)20)17-15(22)23-9-10-4-2-1-3-5-10/h1-7H,8-9H2,(H,17,22)(H,19,20). The average Bonchev–Trinajstić information content (AvgIpc) is 2.53. The molecule has 0 radical (unpaired) electrons. The van der Waals surface area contributed by atoms with Gasteiger partial charge in [0, 0.05) is 0 Å². The summed E-state index contributed by atoms with van der Waals surface area (Å²) in [6.45, 7) is -0.560. The van der Waals surface area contributed by atoms with Crippen molar-refractivity contribution in [2.24, 2.45) is 0 Å². The number of hydrogen-bond donors (Lipinski definition) is 2. The summed E-state index contributed by atoms with van der Waals surface area (Å²) < 4.78 is 5.82. The second kappa shape index (κ2) is 7.46. The molecule has 0 saturated carbocycles. The lowest BCUT2D eigenvalue weighted by atomic mass is 10.2. The molecule has 0 spiro atoms. The van der Waals surface area contributed by atoms with Crippen LogP contribution in [0.1, 0.15) is 5.56 Å². The van der Waals surface area contributed by atoms with E-state index in [1.54, 1.807) is 24.3 Å². The minimum absolute atomic E-state index is 0.0411. The number of carbonyl (C=O) groups excluding carboxylic acids is 1. The summed E-state index contributed by atoms with van der Waals surface area (Å²) in [6, 6.07) is 11.6. The Morgan fingerprint density at radius 2 is 1.87 bits per heavy atom. The molecule has 7 nitrogen and oxygen atoms in total. The number of benzene rings is 1. The Kier molecular flexibility index (Phi) is 5.37. The van der Waals surface area contributed by atoms with E-state index in [9.17, 15) is 14.4 Å². The maximum atomic E-state index is 12.1. The highest BCUT2D eigenvalue weighted by Crippen LogP contribution is 2.10. The SMILES string of the molecule is O=C(O)Cn1c(Cl)ccc(NC(=O)OCc2ccccc2)c1=O. The first-order valence-corrected chi connectivity index (χ1v) is 6.94. The lowest BCUT2D eigenvalue weighted by Crippen LogP contribution is -2.28. The van der Waals surface area contributed by atoms with Crippen molar-refractivity contribution >= 4 is 29.4 Å². The first-order chi connectivity index (χ1) is 11.0. The van der Waals surface area contributed by atoms with Gasteiger partial charge in [0.2, 0.25) is 0 Å². The molecule has 1 aromatic heterocycles. The van der Waals surface area contributed by atoms with Crippen molar-refractivity contribution in [3.05, 3.63) is 63.5 Å². The monoisotopic (exact) mass is 336 g/mol. The van der Waals surface area contributed by atoms with Crippen molar-refractivity contribution < 1.29 is 19.4 Å². The summed E-state index contributed by atoms with van der Waals surface area (Å²) in [5, 5.41) is 11.0. The molecule has 2 aromatic rings. The second-order valence-electron chi connectivity index (χ2n) is 4.54. The zero-order valence-electron chi connectivity index (χ0n) is 11.9. The van der Waals surface area contributed by atoms with Gasteiger partial charge < -0.3 is 9.84 Å². The number of hydrogen-bond acceptors (Lipinski definition) is 4. The average molecular weight is 337 g/mol. The highest BCUT2D eigenvalue weighted by atomic mass is 35.5. The molecule has 0 fully saturated rings. The molecule has 0 aliphatic rings. The van der Waals surface area contributed by atoms with Gasteiger partial charge in [-0.1, -0.05) is 41.9 Å². The molecule has 0 unspecified atom stereocenters. The maximum absolute atomic E-state index is 12.1. The van der Waals surface area contributed by atoms with Gasteiger partial charge >= 0.3 is 12.1 Å². The van der Waals surface area contributed by atoms with Crippen LogP contribution in [0.15, 0.2) is 47.3 Å². The molecule has 1 amide bonds. The normalized spacial score (nSPS) is 10.1. The Hall–Kier alpha value is -2.80. The van der Waals surface area contributed by atoms with E-state index in [2.05, 4.69) is 5.32 Å². The Morgan fingerprint density at radius 1 is 1.17 bits per heavy atom. The van der Waals surface area contributed by atoms with Crippen LogP contribution in [0.2, 0.25) is 5.15 Å². The molecule has 0 aliphatic heterocycles. The summed E-state index contributed by atoms with van der Waals surface area (Å²) in [6.07, 6.45) is -0.824. The lowest BCUT2D eigenvalue weighted by molar-refractivity contribution is -0.137. The maximum Gasteiger partial charge on any atom is 0.412 e. The summed E-state index contributed by atoms with van der Waals surface area (Å²) in [5.41, 5.74) is -0.0488. The van der Waals surface area contributed by atoms with Gasteiger partial charge in [0.25, 0.3) is 5.56 Å². The number of rotatable bonds is 5. The Balaban J connectivity index is 2.06. The summed E-state index contributed by atoms with van der Waals surface area (Å²) >= 11 is 5.78. The van der Waals surface area contributed by atoms with Gasteiger partial charge in [-0.15, -0.1) is 0 Å². The summed E-state index contributed by atoms with van der Waals surface area (Å²) in [5.74, 6) is -1.22. The minimum atomic E-state index is -1.22. The molecule has 0 aliphatic carbocycles. The van der Waals surface area contributed by atoms with Gasteiger partial charge in [-0.05, 0) is 17.7 Å². The molecule has 1 heterocycles. The van der Waals surface area contributed by atoms with Crippen molar-refractivity contribution in [1.82, 2.24) is 4.57 Å². The Bertz CT molecular complexity index is 773. The Labute approximate surface area is 136 Å². The van der Waals surface area contributed by atoms with Crippen LogP contribution in [-0.4, -0.2) is 21.7 Å². The number of pyridine rings is 1. The predicted octanol–water partition coefficient (Wildman–Crippen LogP) is 2.33. The fourth-order valence-electron chi connectivity index (χ4n) is 1.80. The number of ether oxygens (including phenoxy) is 1. The number of amides is 1. The number of aliphatic carboxylic acids is 1. The van der Waals surface area contributed by atoms with E-state index >= 15 is 0 Å². The molecule has 0 saturated heterocycles. The van der Waals surface area contributed by atoms with Crippen LogP contribution in [0.25, 0.3) is 0 Å². The highest BCUT2D eigenvalue weighted by Gasteiger charge is 2.13. The zero-order chi connectivity index (χ0) is 16.8. The number of anilines is 1. The van der Waals surface area contributed by atoms with Crippen LogP contribution in [0, 0.1) is 0 Å². The van der Waals surface area contributed by atoms with Crippen molar-refractivity contribution in [1.29, 1.82) is 0 Å². The van der Waals surface area contributed by atoms with Gasteiger partial charge in [0.05, 0.1) is 0 Å². The molecule has 2 N–H and O–H groups in total. The Morgan fingerprint density at radius 3 is 2.52 bits per heavy atom. The third kappa shape index (κ3) is 4.58. The van der Waals surface area contributed by atoms with Crippen molar-refractivity contribution in [2.45, 2.75) is 13.2 Å². The van der Waals surface area contributed by atoms with E-state index in [1.165, 1.54) is 12.1 Å². The molecular weight excluding hydrogens is 324 g/mol.